The summed E-state index contributed by atoms with van der Waals surface area (Å²) in [5, 5.41) is 0. The van der Waals surface area contributed by atoms with E-state index < -0.39 is 9.73 Å². The predicted octanol–water partition coefficient (Wildman–Crippen LogP) is 1.57. The maximum atomic E-state index is 11.6. The third-order valence-corrected chi connectivity index (χ3v) is 3.29. The van der Waals surface area contributed by atoms with Gasteiger partial charge in [0.15, 0.2) is 0 Å². The van der Waals surface area contributed by atoms with E-state index in [1.165, 1.54) is 0 Å². The van der Waals surface area contributed by atoms with E-state index in [1.807, 2.05) is 6.07 Å². The molecule has 0 amide bonds. The van der Waals surface area contributed by atoms with Gasteiger partial charge in [0.05, 0.1) is 9.73 Å². The van der Waals surface area contributed by atoms with Crippen molar-refractivity contribution in [3.8, 4) is 0 Å². The SMILES string of the molecule is CN=S(C)(=O)c1c[c]ccc1. The Hall–Kier alpha value is -0.830. The third kappa shape index (κ3) is 1.80. The standard InChI is InChI=1S/C8H10NOS/c1-9-11(2,10)8-6-4-3-5-7-8/h3-4,6-7H,1-2H3. The van der Waals surface area contributed by atoms with Gasteiger partial charge in [-0.1, -0.05) is 12.1 Å². The second kappa shape index (κ2) is 3.05. The highest BCUT2D eigenvalue weighted by Crippen LogP contribution is 2.08. The lowest BCUT2D eigenvalue weighted by Gasteiger charge is -2.00. The molecule has 0 aliphatic heterocycles. The maximum absolute atomic E-state index is 11.6. The molecule has 11 heavy (non-hydrogen) atoms. The normalized spacial score (nSPS) is 15.5. The van der Waals surface area contributed by atoms with Crippen molar-refractivity contribution in [2.45, 2.75) is 4.90 Å². The first kappa shape index (κ1) is 8.27. The fourth-order valence-corrected chi connectivity index (χ4v) is 1.55. The van der Waals surface area contributed by atoms with Gasteiger partial charge in [0.2, 0.25) is 0 Å². The fraction of sp³-hybridized carbons (Fsp3) is 0.250. The highest BCUT2D eigenvalue weighted by molar-refractivity contribution is 7.93. The Bertz CT molecular complexity index is 336. The summed E-state index contributed by atoms with van der Waals surface area (Å²) in [4.78, 5) is 0.738. The van der Waals surface area contributed by atoms with Crippen LogP contribution >= 0.6 is 0 Å². The lowest BCUT2D eigenvalue weighted by Crippen LogP contribution is -1.95. The summed E-state index contributed by atoms with van der Waals surface area (Å²) in [6, 6.07) is 9.95. The molecule has 0 N–H and O–H groups in total. The van der Waals surface area contributed by atoms with Gasteiger partial charge in [-0.2, -0.15) is 0 Å². The molecule has 0 aliphatic rings. The van der Waals surface area contributed by atoms with Crippen LogP contribution in [0.2, 0.25) is 0 Å². The average Bonchev–Trinajstić information content (AvgIpc) is 2.06. The zero-order valence-electron chi connectivity index (χ0n) is 6.57. The van der Waals surface area contributed by atoms with E-state index >= 15 is 0 Å². The Morgan fingerprint density at radius 2 is 2.36 bits per heavy atom. The van der Waals surface area contributed by atoms with Crippen molar-refractivity contribution < 1.29 is 4.21 Å². The van der Waals surface area contributed by atoms with E-state index in [0.29, 0.717) is 0 Å². The Kier molecular flexibility index (Phi) is 2.29. The maximum Gasteiger partial charge on any atom is 0.0720 e. The van der Waals surface area contributed by atoms with E-state index in [4.69, 9.17) is 0 Å². The van der Waals surface area contributed by atoms with Crippen LogP contribution in [0.15, 0.2) is 33.5 Å². The van der Waals surface area contributed by atoms with Crippen LogP contribution in [0, 0.1) is 6.07 Å². The number of rotatable bonds is 1. The Morgan fingerprint density at radius 3 is 2.82 bits per heavy atom. The Balaban J connectivity index is 3.25. The molecule has 0 bridgehead atoms. The lowest BCUT2D eigenvalue weighted by atomic mass is 10.4. The fourth-order valence-electron chi connectivity index (χ4n) is 0.718. The molecule has 59 valence electrons. The van der Waals surface area contributed by atoms with Gasteiger partial charge in [-0.05, 0) is 18.2 Å². The molecule has 0 aromatic heterocycles. The zero-order chi connectivity index (χ0) is 8.32. The summed E-state index contributed by atoms with van der Waals surface area (Å²) in [7, 11) is -0.590. The number of benzene rings is 1. The van der Waals surface area contributed by atoms with Crippen molar-refractivity contribution >= 4 is 9.73 Å². The van der Waals surface area contributed by atoms with Gasteiger partial charge in [0.1, 0.15) is 0 Å². The predicted molar refractivity (Wildman–Crippen MR) is 46.0 cm³/mol. The minimum atomic E-state index is -2.15. The molecule has 0 saturated heterocycles. The highest BCUT2D eigenvalue weighted by atomic mass is 32.2. The van der Waals surface area contributed by atoms with Gasteiger partial charge in [-0.3, -0.25) is 0 Å². The highest BCUT2D eigenvalue weighted by Gasteiger charge is 2.01. The molecule has 0 saturated carbocycles. The largest absolute Gasteiger partial charge is 0.245 e. The molecule has 0 spiro atoms. The van der Waals surface area contributed by atoms with Gasteiger partial charge in [0.25, 0.3) is 0 Å². The molecule has 1 unspecified atom stereocenters. The number of nitrogens with zero attached hydrogens (tertiary/aromatic N) is 1. The zero-order valence-corrected chi connectivity index (χ0v) is 7.39. The average molecular weight is 168 g/mol. The van der Waals surface area contributed by atoms with E-state index in [-0.39, 0.29) is 0 Å². The van der Waals surface area contributed by atoms with Crippen molar-refractivity contribution in [1.82, 2.24) is 0 Å². The summed E-state index contributed by atoms with van der Waals surface area (Å²) in [5.74, 6) is 0. The summed E-state index contributed by atoms with van der Waals surface area (Å²) in [6.45, 7) is 0. The third-order valence-electron chi connectivity index (χ3n) is 1.46. The monoisotopic (exact) mass is 168 g/mol. The van der Waals surface area contributed by atoms with Gasteiger partial charge in [0, 0.05) is 18.2 Å². The summed E-state index contributed by atoms with van der Waals surface area (Å²) >= 11 is 0. The van der Waals surface area contributed by atoms with Crippen molar-refractivity contribution in [3.63, 3.8) is 0 Å². The van der Waals surface area contributed by atoms with Gasteiger partial charge >= 0.3 is 0 Å². The molecule has 3 heteroatoms. The Morgan fingerprint density at radius 1 is 1.64 bits per heavy atom. The van der Waals surface area contributed by atoms with Gasteiger partial charge in [-0.25, -0.2) is 8.57 Å². The first-order valence-electron chi connectivity index (χ1n) is 3.23. The molecular weight excluding hydrogens is 158 g/mol. The van der Waals surface area contributed by atoms with Crippen LogP contribution in [0.4, 0.5) is 0 Å². The summed E-state index contributed by atoms with van der Waals surface area (Å²) < 4.78 is 15.4. The molecule has 1 atom stereocenters. The summed E-state index contributed by atoms with van der Waals surface area (Å²) in [5.41, 5.74) is 0. The van der Waals surface area contributed by atoms with Crippen LogP contribution in [-0.4, -0.2) is 17.5 Å². The molecule has 1 aromatic carbocycles. The lowest BCUT2D eigenvalue weighted by molar-refractivity contribution is 0.680. The Labute approximate surface area is 67.4 Å². The van der Waals surface area contributed by atoms with E-state index in [0.717, 1.165) is 4.90 Å². The number of hydrogen-bond donors (Lipinski definition) is 0. The molecule has 1 radical (unpaired) electrons. The molecule has 1 rings (SSSR count). The smallest absolute Gasteiger partial charge is 0.0720 e. The molecule has 0 heterocycles. The van der Waals surface area contributed by atoms with Crippen LogP contribution in [-0.2, 0) is 9.73 Å². The van der Waals surface area contributed by atoms with Crippen molar-refractivity contribution in [2.75, 3.05) is 13.3 Å². The molecule has 0 aliphatic carbocycles. The first-order chi connectivity index (χ1) is 5.17. The van der Waals surface area contributed by atoms with Gasteiger partial charge in [-0.15, -0.1) is 0 Å². The minimum Gasteiger partial charge on any atom is -0.245 e. The quantitative estimate of drug-likeness (QED) is 0.626. The van der Waals surface area contributed by atoms with Crippen molar-refractivity contribution in [1.29, 1.82) is 0 Å². The second-order valence-corrected chi connectivity index (χ2v) is 4.67. The molecule has 0 fully saturated rings. The van der Waals surface area contributed by atoms with Gasteiger partial charge < -0.3 is 0 Å². The number of hydrogen-bond acceptors (Lipinski definition) is 2. The topological polar surface area (TPSA) is 29.4 Å². The van der Waals surface area contributed by atoms with Crippen molar-refractivity contribution in [2.24, 2.45) is 4.36 Å². The van der Waals surface area contributed by atoms with Crippen LogP contribution < -0.4 is 0 Å². The van der Waals surface area contributed by atoms with E-state index in [9.17, 15) is 4.21 Å². The van der Waals surface area contributed by atoms with Crippen molar-refractivity contribution in [3.05, 3.63) is 30.3 Å². The first-order valence-corrected chi connectivity index (χ1v) is 5.15. The van der Waals surface area contributed by atoms with E-state index in [2.05, 4.69) is 10.4 Å². The second-order valence-electron chi connectivity index (χ2n) is 2.22. The van der Waals surface area contributed by atoms with Crippen LogP contribution in [0.25, 0.3) is 0 Å². The molecule has 2 nitrogen and oxygen atoms in total. The van der Waals surface area contributed by atoms with E-state index in [1.54, 1.807) is 31.5 Å². The molecular formula is C8H10NOS. The minimum absolute atomic E-state index is 0.738. The molecule has 1 aromatic rings. The van der Waals surface area contributed by atoms with Crippen LogP contribution in [0.5, 0.6) is 0 Å². The van der Waals surface area contributed by atoms with Crippen LogP contribution in [0.1, 0.15) is 0 Å². The van der Waals surface area contributed by atoms with Crippen LogP contribution in [0.3, 0.4) is 0 Å². The summed E-state index contributed by atoms with van der Waals surface area (Å²) in [6.07, 6.45) is 1.62.